The third kappa shape index (κ3) is 1.89. The van der Waals surface area contributed by atoms with Crippen LogP contribution in [0.3, 0.4) is 0 Å². The molecule has 0 heterocycles. The first-order valence-corrected chi connectivity index (χ1v) is 3.15. The van der Waals surface area contributed by atoms with Crippen molar-refractivity contribution in [2.45, 2.75) is 6.54 Å². The minimum absolute atomic E-state index is 0.0803. The van der Waals surface area contributed by atoms with Crippen molar-refractivity contribution in [3.05, 3.63) is 29.6 Å². The average Bonchev–Trinajstić information content (AvgIpc) is 1.95. The van der Waals surface area contributed by atoms with Gasteiger partial charge in [-0.2, -0.15) is 0 Å². The van der Waals surface area contributed by atoms with Gasteiger partial charge in [0.2, 0.25) is 0 Å². The van der Waals surface area contributed by atoms with E-state index in [0.29, 0.717) is 5.56 Å². The van der Waals surface area contributed by atoms with Gasteiger partial charge >= 0.3 is 0 Å². The largest absolute Gasteiger partial charge is 0.508 e. The Morgan fingerprint density at radius 1 is 1.55 bits per heavy atom. The summed E-state index contributed by atoms with van der Waals surface area (Å²) < 4.78 is 12.8. The normalized spacial score (nSPS) is 10.0. The van der Waals surface area contributed by atoms with E-state index in [4.69, 9.17) is 10.9 Å². The first kappa shape index (κ1) is 7.97. The molecule has 1 aromatic rings. The van der Waals surface area contributed by atoms with Gasteiger partial charge < -0.3 is 5.11 Å². The Labute approximate surface area is 63.6 Å². The van der Waals surface area contributed by atoms with Gasteiger partial charge in [0.15, 0.2) is 0 Å². The number of hydrazine groups is 1. The summed E-state index contributed by atoms with van der Waals surface area (Å²) in [5, 5.41) is 8.81. The van der Waals surface area contributed by atoms with Crippen molar-refractivity contribution in [2.75, 3.05) is 0 Å². The topological polar surface area (TPSA) is 58.3 Å². The molecule has 60 valence electrons. The van der Waals surface area contributed by atoms with Crippen LogP contribution >= 0.6 is 0 Å². The summed E-state index contributed by atoms with van der Waals surface area (Å²) in [6.07, 6.45) is 0. The number of phenolic OH excluding ortho intramolecular Hbond substituents is 1. The van der Waals surface area contributed by atoms with E-state index in [9.17, 15) is 4.39 Å². The monoisotopic (exact) mass is 156 g/mol. The molecule has 0 spiro atoms. The quantitative estimate of drug-likeness (QED) is 0.431. The fourth-order valence-electron chi connectivity index (χ4n) is 0.790. The van der Waals surface area contributed by atoms with E-state index < -0.39 is 5.82 Å². The fraction of sp³-hybridized carbons (Fsp3) is 0.143. The van der Waals surface area contributed by atoms with Crippen molar-refractivity contribution in [3.8, 4) is 5.75 Å². The highest BCUT2D eigenvalue weighted by Crippen LogP contribution is 2.14. The molecule has 0 fully saturated rings. The number of phenols is 1. The fourth-order valence-corrected chi connectivity index (χ4v) is 0.790. The van der Waals surface area contributed by atoms with Crippen molar-refractivity contribution < 1.29 is 9.50 Å². The summed E-state index contributed by atoms with van der Waals surface area (Å²) in [5.41, 5.74) is 2.76. The molecule has 0 aromatic heterocycles. The van der Waals surface area contributed by atoms with E-state index in [2.05, 4.69) is 5.43 Å². The lowest BCUT2D eigenvalue weighted by Gasteiger charge is -2.01. The van der Waals surface area contributed by atoms with Gasteiger partial charge in [0, 0.05) is 18.2 Å². The molecule has 0 bridgehead atoms. The van der Waals surface area contributed by atoms with E-state index in [1.54, 1.807) is 0 Å². The maximum Gasteiger partial charge on any atom is 0.131 e. The number of benzene rings is 1. The van der Waals surface area contributed by atoms with Crippen LogP contribution in [0.4, 0.5) is 4.39 Å². The Morgan fingerprint density at radius 2 is 2.27 bits per heavy atom. The third-order valence-electron chi connectivity index (χ3n) is 1.33. The van der Waals surface area contributed by atoms with E-state index >= 15 is 0 Å². The van der Waals surface area contributed by atoms with Gasteiger partial charge in [-0.15, -0.1) is 0 Å². The van der Waals surface area contributed by atoms with Gasteiger partial charge in [0.1, 0.15) is 11.6 Å². The predicted octanol–water partition coefficient (Wildman–Crippen LogP) is 0.495. The van der Waals surface area contributed by atoms with Crippen LogP contribution in [-0.2, 0) is 6.54 Å². The maximum absolute atomic E-state index is 12.8. The minimum Gasteiger partial charge on any atom is -0.508 e. The Hall–Kier alpha value is -1.13. The second-order valence-corrected chi connectivity index (χ2v) is 2.16. The molecule has 4 N–H and O–H groups in total. The number of nitrogens with two attached hydrogens (primary N) is 1. The standard InChI is InChI=1S/C7H9FN2O/c8-7-3-6(11)2-1-5(7)4-10-9/h1-3,10-11H,4,9H2. The first-order valence-electron chi connectivity index (χ1n) is 3.15. The van der Waals surface area contributed by atoms with Crippen LogP contribution in [0.5, 0.6) is 5.75 Å². The zero-order chi connectivity index (χ0) is 8.27. The van der Waals surface area contributed by atoms with E-state index in [-0.39, 0.29) is 12.3 Å². The van der Waals surface area contributed by atoms with Crippen molar-refractivity contribution in [1.29, 1.82) is 0 Å². The van der Waals surface area contributed by atoms with Crippen LogP contribution in [0.2, 0.25) is 0 Å². The molecule has 3 nitrogen and oxygen atoms in total. The van der Waals surface area contributed by atoms with E-state index in [1.165, 1.54) is 12.1 Å². The molecule has 1 aromatic carbocycles. The molecule has 0 atom stereocenters. The molecular formula is C7H9FN2O. The van der Waals surface area contributed by atoms with Crippen LogP contribution in [0, 0.1) is 5.82 Å². The second kappa shape index (κ2) is 3.32. The van der Waals surface area contributed by atoms with Gasteiger partial charge in [-0.25, -0.2) is 4.39 Å². The van der Waals surface area contributed by atoms with Gasteiger partial charge in [-0.1, -0.05) is 6.07 Å². The first-order chi connectivity index (χ1) is 5.24. The van der Waals surface area contributed by atoms with Crippen molar-refractivity contribution in [1.82, 2.24) is 5.43 Å². The van der Waals surface area contributed by atoms with Crippen LogP contribution in [0.1, 0.15) is 5.56 Å². The zero-order valence-electron chi connectivity index (χ0n) is 5.84. The van der Waals surface area contributed by atoms with Gasteiger partial charge in [0.05, 0.1) is 0 Å². The zero-order valence-corrected chi connectivity index (χ0v) is 5.84. The molecule has 11 heavy (non-hydrogen) atoms. The number of hydrogen-bond acceptors (Lipinski definition) is 3. The molecule has 0 radical (unpaired) electrons. The molecule has 4 heteroatoms. The highest BCUT2D eigenvalue weighted by Gasteiger charge is 2.00. The smallest absolute Gasteiger partial charge is 0.131 e. The van der Waals surface area contributed by atoms with E-state index in [1.807, 2.05) is 0 Å². The number of rotatable bonds is 2. The van der Waals surface area contributed by atoms with Crippen LogP contribution < -0.4 is 11.3 Å². The van der Waals surface area contributed by atoms with E-state index in [0.717, 1.165) is 6.07 Å². The van der Waals surface area contributed by atoms with Gasteiger partial charge in [-0.05, 0) is 6.07 Å². The highest BCUT2D eigenvalue weighted by atomic mass is 19.1. The molecule has 0 unspecified atom stereocenters. The molecule has 0 saturated heterocycles. The number of aromatic hydroxyl groups is 1. The lowest BCUT2D eigenvalue weighted by Crippen LogP contribution is -2.21. The summed E-state index contributed by atoms with van der Waals surface area (Å²) in [6, 6.07) is 3.94. The number of hydrogen-bond donors (Lipinski definition) is 3. The summed E-state index contributed by atoms with van der Waals surface area (Å²) >= 11 is 0. The minimum atomic E-state index is -0.456. The molecule has 0 aliphatic carbocycles. The lowest BCUT2D eigenvalue weighted by atomic mass is 10.2. The maximum atomic E-state index is 12.8. The number of halogens is 1. The van der Waals surface area contributed by atoms with Crippen molar-refractivity contribution in [3.63, 3.8) is 0 Å². The summed E-state index contributed by atoms with van der Waals surface area (Å²) in [4.78, 5) is 0. The second-order valence-electron chi connectivity index (χ2n) is 2.16. The molecule has 0 saturated carbocycles. The molecule has 0 aliphatic rings. The number of nitrogens with one attached hydrogen (secondary N) is 1. The Bertz CT molecular complexity index is 252. The van der Waals surface area contributed by atoms with Crippen LogP contribution in [-0.4, -0.2) is 5.11 Å². The van der Waals surface area contributed by atoms with Crippen LogP contribution in [0.15, 0.2) is 18.2 Å². The Kier molecular flexibility index (Phi) is 2.40. The highest BCUT2D eigenvalue weighted by molar-refractivity contribution is 5.27. The van der Waals surface area contributed by atoms with Crippen LogP contribution in [0.25, 0.3) is 0 Å². The average molecular weight is 156 g/mol. The SMILES string of the molecule is NNCc1ccc(O)cc1F. The van der Waals surface area contributed by atoms with Crippen molar-refractivity contribution >= 4 is 0 Å². The lowest BCUT2D eigenvalue weighted by molar-refractivity contribution is 0.467. The predicted molar refractivity (Wildman–Crippen MR) is 39.1 cm³/mol. The summed E-state index contributed by atoms with van der Waals surface area (Å²) in [6.45, 7) is 0.256. The van der Waals surface area contributed by atoms with Gasteiger partial charge in [-0.3, -0.25) is 11.3 Å². The molecule has 0 amide bonds. The molecule has 0 aliphatic heterocycles. The van der Waals surface area contributed by atoms with Crippen molar-refractivity contribution in [2.24, 2.45) is 5.84 Å². The van der Waals surface area contributed by atoms with Gasteiger partial charge in [0.25, 0.3) is 0 Å². The Balaban J connectivity index is 2.90. The molecule has 1 rings (SSSR count). The third-order valence-corrected chi connectivity index (χ3v) is 1.33. The summed E-state index contributed by atoms with van der Waals surface area (Å²) in [5.74, 6) is 4.45. The molecular weight excluding hydrogens is 147 g/mol. The summed E-state index contributed by atoms with van der Waals surface area (Å²) in [7, 11) is 0. The Morgan fingerprint density at radius 3 is 2.82 bits per heavy atom.